The highest BCUT2D eigenvalue weighted by Crippen LogP contribution is 2.29. The predicted octanol–water partition coefficient (Wildman–Crippen LogP) is 2.41. The van der Waals surface area contributed by atoms with Gasteiger partial charge in [-0.3, -0.25) is 4.79 Å². The lowest BCUT2D eigenvalue weighted by Gasteiger charge is -2.37. The molecule has 2 aliphatic rings. The maximum Gasteiger partial charge on any atom is 0.239 e. The van der Waals surface area contributed by atoms with Gasteiger partial charge in [0.1, 0.15) is 0 Å². The number of carbonyl (C=O) groups is 1. The first-order valence-corrected chi connectivity index (χ1v) is 7.73. The fourth-order valence-corrected chi connectivity index (χ4v) is 3.59. The number of likely N-dealkylation sites (tertiary alicyclic amines) is 1. The molecular weight excluding hydrogens is 224 g/mol. The Labute approximate surface area is 111 Å². The summed E-state index contributed by atoms with van der Waals surface area (Å²) in [5.74, 6) is 1.95. The zero-order valence-electron chi connectivity index (χ0n) is 12.0. The first-order chi connectivity index (χ1) is 8.70. The van der Waals surface area contributed by atoms with Crippen molar-refractivity contribution in [3.8, 4) is 0 Å². The normalized spacial score (nSPS) is 33.8. The lowest BCUT2D eigenvalue weighted by molar-refractivity contribution is -0.136. The molecule has 3 unspecified atom stereocenters. The standard InChI is InChI=1S/C15H28N2O/c1-3-16-14-8-5-9-17(15(14)18)11-13-7-4-6-12(2)10-13/h12-14,16H,3-11H2,1-2H3. The molecule has 0 aromatic heterocycles. The Kier molecular flexibility index (Phi) is 5.04. The molecule has 1 saturated carbocycles. The van der Waals surface area contributed by atoms with Crippen LogP contribution in [0.25, 0.3) is 0 Å². The van der Waals surface area contributed by atoms with Crippen LogP contribution in [0, 0.1) is 11.8 Å². The molecule has 0 aromatic rings. The van der Waals surface area contributed by atoms with Gasteiger partial charge in [0, 0.05) is 13.1 Å². The van der Waals surface area contributed by atoms with Crippen molar-refractivity contribution < 1.29 is 4.79 Å². The van der Waals surface area contributed by atoms with Crippen molar-refractivity contribution in [3.63, 3.8) is 0 Å². The summed E-state index contributed by atoms with van der Waals surface area (Å²) in [6.45, 7) is 7.31. The largest absolute Gasteiger partial charge is 0.341 e. The maximum absolute atomic E-state index is 12.3. The number of rotatable bonds is 4. The monoisotopic (exact) mass is 252 g/mol. The average molecular weight is 252 g/mol. The Morgan fingerprint density at radius 3 is 2.83 bits per heavy atom. The molecule has 3 heteroatoms. The predicted molar refractivity (Wildman–Crippen MR) is 74.4 cm³/mol. The van der Waals surface area contributed by atoms with E-state index in [-0.39, 0.29) is 6.04 Å². The highest BCUT2D eigenvalue weighted by Gasteiger charge is 2.30. The SMILES string of the molecule is CCNC1CCCN(CC2CCCC(C)C2)C1=O. The van der Waals surface area contributed by atoms with E-state index in [0.717, 1.165) is 44.3 Å². The minimum atomic E-state index is 0.0877. The van der Waals surface area contributed by atoms with Crippen LogP contribution in [-0.4, -0.2) is 36.5 Å². The molecule has 1 aliphatic carbocycles. The summed E-state index contributed by atoms with van der Waals surface area (Å²) in [6.07, 6.45) is 7.54. The Morgan fingerprint density at radius 1 is 1.28 bits per heavy atom. The van der Waals surface area contributed by atoms with Gasteiger partial charge in [0.15, 0.2) is 0 Å². The van der Waals surface area contributed by atoms with Crippen LogP contribution in [-0.2, 0) is 4.79 Å². The second kappa shape index (κ2) is 6.55. The Hall–Kier alpha value is -0.570. The minimum Gasteiger partial charge on any atom is -0.341 e. The van der Waals surface area contributed by atoms with Crippen LogP contribution < -0.4 is 5.32 Å². The van der Waals surface area contributed by atoms with Crippen molar-refractivity contribution in [2.24, 2.45) is 11.8 Å². The third-order valence-electron chi connectivity index (χ3n) is 4.50. The third-order valence-corrected chi connectivity index (χ3v) is 4.50. The van der Waals surface area contributed by atoms with Crippen LogP contribution in [0.5, 0.6) is 0 Å². The van der Waals surface area contributed by atoms with Crippen molar-refractivity contribution in [1.82, 2.24) is 10.2 Å². The minimum absolute atomic E-state index is 0.0877. The van der Waals surface area contributed by atoms with Gasteiger partial charge in [0.25, 0.3) is 0 Å². The number of hydrogen-bond donors (Lipinski definition) is 1. The summed E-state index contributed by atoms with van der Waals surface area (Å²) in [5, 5.41) is 3.32. The second-order valence-corrected chi connectivity index (χ2v) is 6.17. The van der Waals surface area contributed by atoms with Crippen LogP contribution in [0.1, 0.15) is 52.4 Å². The van der Waals surface area contributed by atoms with Gasteiger partial charge in [0.2, 0.25) is 5.91 Å². The van der Waals surface area contributed by atoms with E-state index in [1.165, 1.54) is 25.7 Å². The van der Waals surface area contributed by atoms with Gasteiger partial charge < -0.3 is 10.2 Å². The van der Waals surface area contributed by atoms with E-state index in [1.54, 1.807) is 0 Å². The summed E-state index contributed by atoms with van der Waals surface area (Å²) >= 11 is 0. The molecule has 0 radical (unpaired) electrons. The highest BCUT2D eigenvalue weighted by molar-refractivity contribution is 5.82. The molecule has 3 nitrogen and oxygen atoms in total. The van der Waals surface area contributed by atoms with Crippen molar-refractivity contribution in [2.45, 2.75) is 58.4 Å². The smallest absolute Gasteiger partial charge is 0.239 e. The van der Waals surface area contributed by atoms with Crippen LogP contribution in [0.15, 0.2) is 0 Å². The number of nitrogens with zero attached hydrogens (tertiary/aromatic N) is 1. The van der Waals surface area contributed by atoms with Gasteiger partial charge >= 0.3 is 0 Å². The van der Waals surface area contributed by atoms with Crippen molar-refractivity contribution in [3.05, 3.63) is 0 Å². The highest BCUT2D eigenvalue weighted by atomic mass is 16.2. The van der Waals surface area contributed by atoms with Gasteiger partial charge in [-0.2, -0.15) is 0 Å². The molecule has 1 saturated heterocycles. The number of nitrogens with one attached hydrogen (secondary N) is 1. The summed E-state index contributed by atoms with van der Waals surface area (Å²) in [4.78, 5) is 14.5. The number of hydrogen-bond acceptors (Lipinski definition) is 2. The first kappa shape index (κ1) is 13.9. The Bertz CT molecular complexity index is 278. The molecule has 104 valence electrons. The molecule has 1 N–H and O–H groups in total. The zero-order chi connectivity index (χ0) is 13.0. The van der Waals surface area contributed by atoms with Gasteiger partial charge in [-0.15, -0.1) is 0 Å². The number of likely N-dealkylation sites (N-methyl/N-ethyl adjacent to an activating group) is 1. The van der Waals surface area contributed by atoms with E-state index in [0.29, 0.717) is 5.91 Å². The molecule has 2 fully saturated rings. The molecule has 1 heterocycles. The van der Waals surface area contributed by atoms with Gasteiger partial charge in [-0.1, -0.05) is 26.7 Å². The molecule has 3 atom stereocenters. The third kappa shape index (κ3) is 3.47. The lowest BCUT2D eigenvalue weighted by Crippen LogP contribution is -2.52. The summed E-state index contributed by atoms with van der Waals surface area (Å²) in [6, 6.07) is 0.0877. The van der Waals surface area contributed by atoms with Gasteiger partial charge in [-0.25, -0.2) is 0 Å². The number of carbonyl (C=O) groups excluding carboxylic acids is 1. The number of amides is 1. The van der Waals surface area contributed by atoms with Crippen LogP contribution >= 0.6 is 0 Å². The molecular formula is C15H28N2O. The summed E-state index contributed by atoms with van der Waals surface area (Å²) in [7, 11) is 0. The molecule has 18 heavy (non-hydrogen) atoms. The van der Waals surface area contributed by atoms with Crippen LogP contribution in [0.3, 0.4) is 0 Å². The quantitative estimate of drug-likeness (QED) is 0.833. The zero-order valence-corrected chi connectivity index (χ0v) is 12.0. The number of piperidine rings is 1. The van der Waals surface area contributed by atoms with Crippen molar-refractivity contribution >= 4 is 5.91 Å². The summed E-state index contributed by atoms with van der Waals surface area (Å²) in [5.41, 5.74) is 0. The molecule has 1 aliphatic heterocycles. The molecule has 0 aromatic carbocycles. The Balaban J connectivity index is 1.85. The molecule has 2 rings (SSSR count). The van der Waals surface area contributed by atoms with E-state index < -0.39 is 0 Å². The molecule has 0 bridgehead atoms. The van der Waals surface area contributed by atoms with Crippen LogP contribution in [0.4, 0.5) is 0 Å². The van der Waals surface area contributed by atoms with Crippen molar-refractivity contribution in [1.29, 1.82) is 0 Å². The van der Waals surface area contributed by atoms with E-state index in [9.17, 15) is 4.79 Å². The van der Waals surface area contributed by atoms with E-state index in [2.05, 4.69) is 24.1 Å². The van der Waals surface area contributed by atoms with Gasteiger partial charge in [0.05, 0.1) is 6.04 Å². The summed E-state index contributed by atoms with van der Waals surface area (Å²) < 4.78 is 0. The second-order valence-electron chi connectivity index (χ2n) is 6.17. The van der Waals surface area contributed by atoms with Crippen LogP contribution in [0.2, 0.25) is 0 Å². The molecule has 1 amide bonds. The maximum atomic E-state index is 12.3. The van der Waals surface area contributed by atoms with Crippen molar-refractivity contribution in [2.75, 3.05) is 19.6 Å². The molecule has 0 spiro atoms. The topological polar surface area (TPSA) is 32.3 Å². The fourth-order valence-electron chi connectivity index (χ4n) is 3.59. The van der Waals surface area contributed by atoms with E-state index >= 15 is 0 Å². The van der Waals surface area contributed by atoms with E-state index in [1.807, 2.05) is 0 Å². The fraction of sp³-hybridized carbons (Fsp3) is 0.933. The average Bonchev–Trinajstić information content (AvgIpc) is 2.35. The lowest BCUT2D eigenvalue weighted by atomic mass is 9.82. The first-order valence-electron chi connectivity index (χ1n) is 7.73. The van der Waals surface area contributed by atoms with E-state index in [4.69, 9.17) is 0 Å². The Morgan fingerprint density at radius 2 is 2.11 bits per heavy atom. The van der Waals surface area contributed by atoms with Gasteiger partial charge in [-0.05, 0) is 44.1 Å².